The van der Waals surface area contributed by atoms with Gasteiger partial charge in [0.25, 0.3) is 0 Å². The van der Waals surface area contributed by atoms with E-state index in [0.717, 1.165) is 45.4 Å². The first-order chi connectivity index (χ1) is 6.27. The number of aliphatic imine (C=N–C) groups is 1. The molecular weight excluding hydrogens is 166 g/mol. The summed E-state index contributed by atoms with van der Waals surface area (Å²) in [5.74, 6) is 0.177. The van der Waals surface area contributed by atoms with Gasteiger partial charge in [-0.25, -0.2) is 0 Å². The third-order valence-corrected chi connectivity index (χ3v) is 1.61. The average molecular weight is 187 g/mol. The predicted octanol–water partition coefficient (Wildman–Crippen LogP) is -1.02. The first-order valence-corrected chi connectivity index (χ1v) is 4.73. The van der Waals surface area contributed by atoms with Crippen LogP contribution in [0.25, 0.3) is 0 Å². The van der Waals surface area contributed by atoms with E-state index in [9.17, 15) is 0 Å². The smallest absolute Gasteiger partial charge is 0.185 e. The van der Waals surface area contributed by atoms with Crippen molar-refractivity contribution in [1.82, 2.24) is 5.32 Å². The minimum atomic E-state index is 0.177. The van der Waals surface area contributed by atoms with Crippen molar-refractivity contribution in [1.29, 1.82) is 0 Å². The van der Waals surface area contributed by atoms with E-state index in [1.165, 1.54) is 0 Å². The standard InChI is InChI=1S/C8H21N5/c9-4-3-6-12-5-1-2-7-13-8(10)11/h12H,1-7,9H2,(H4,10,11,13). The van der Waals surface area contributed by atoms with Crippen molar-refractivity contribution in [3.8, 4) is 0 Å². The van der Waals surface area contributed by atoms with Crippen LogP contribution in [0.2, 0.25) is 0 Å². The van der Waals surface area contributed by atoms with Crippen LogP contribution in [0.4, 0.5) is 0 Å². The molecule has 0 bridgehead atoms. The van der Waals surface area contributed by atoms with Gasteiger partial charge in [-0.05, 0) is 38.9 Å². The van der Waals surface area contributed by atoms with Gasteiger partial charge in [-0.2, -0.15) is 0 Å². The number of rotatable bonds is 8. The molecule has 13 heavy (non-hydrogen) atoms. The Kier molecular flexibility index (Phi) is 8.70. The second-order valence-electron chi connectivity index (χ2n) is 2.91. The largest absolute Gasteiger partial charge is 0.370 e. The van der Waals surface area contributed by atoms with E-state index in [1.54, 1.807) is 0 Å². The van der Waals surface area contributed by atoms with Crippen molar-refractivity contribution in [2.24, 2.45) is 22.2 Å². The van der Waals surface area contributed by atoms with Crippen LogP contribution in [0, 0.1) is 0 Å². The zero-order valence-corrected chi connectivity index (χ0v) is 8.13. The van der Waals surface area contributed by atoms with E-state index in [2.05, 4.69) is 10.3 Å². The first kappa shape index (κ1) is 12.2. The molecule has 0 atom stereocenters. The van der Waals surface area contributed by atoms with Crippen LogP contribution in [0.3, 0.4) is 0 Å². The number of nitrogens with one attached hydrogen (secondary N) is 1. The van der Waals surface area contributed by atoms with Gasteiger partial charge in [-0.15, -0.1) is 0 Å². The lowest BCUT2D eigenvalue weighted by atomic mass is 10.3. The van der Waals surface area contributed by atoms with Gasteiger partial charge in [0.1, 0.15) is 0 Å². The molecule has 0 saturated heterocycles. The van der Waals surface area contributed by atoms with Gasteiger partial charge in [0.2, 0.25) is 0 Å². The van der Waals surface area contributed by atoms with Crippen LogP contribution in [0.15, 0.2) is 4.99 Å². The van der Waals surface area contributed by atoms with Crippen LogP contribution < -0.4 is 22.5 Å². The topological polar surface area (TPSA) is 102 Å². The van der Waals surface area contributed by atoms with Crippen LogP contribution in [0.5, 0.6) is 0 Å². The van der Waals surface area contributed by atoms with E-state index in [-0.39, 0.29) is 5.96 Å². The fourth-order valence-corrected chi connectivity index (χ4v) is 0.922. The molecule has 0 rings (SSSR count). The van der Waals surface area contributed by atoms with Gasteiger partial charge < -0.3 is 22.5 Å². The molecule has 78 valence electrons. The Hall–Kier alpha value is -0.810. The molecule has 0 spiro atoms. The minimum Gasteiger partial charge on any atom is -0.370 e. The molecule has 0 saturated carbocycles. The second kappa shape index (κ2) is 9.28. The first-order valence-electron chi connectivity index (χ1n) is 4.73. The molecule has 5 nitrogen and oxygen atoms in total. The summed E-state index contributed by atoms with van der Waals surface area (Å²) in [5, 5.41) is 3.28. The maximum atomic E-state index is 5.34. The van der Waals surface area contributed by atoms with Crippen molar-refractivity contribution in [3.63, 3.8) is 0 Å². The van der Waals surface area contributed by atoms with E-state index in [1.807, 2.05) is 0 Å². The van der Waals surface area contributed by atoms with Gasteiger partial charge in [-0.3, -0.25) is 4.99 Å². The van der Waals surface area contributed by atoms with Crippen LogP contribution >= 0.6 is 0 Å². The van der Waals surface area contributed by atoms with Gasteiger partial charge >= 0.3 is 0 Å². The Morgan fingerprint density at radius 3 is 2.38 bits per heavy atom. The zero-order valence-electron chi connectivity index (χ0n) is 8.13. The number of nitrogens with two attached hydrogens (primary N) is 3. The lowest BCUT2D eigenvalue weighted by molar-refractivity contribution is 0.611. The van der Waals surface area contributed by atoms with Gasteiger partial charge in [-0.1, -0.05) is 0 Å². The molecule has 0 aliphatic heterocycles. The number of guanidine groups is 1. The maximum Gasteiger partial charge on any atom is 0.185 e. The summed E-state index contributed by atoms with van der Waals surface area (Å²) in [5.41, 5.74) is 15.7. The lowest BCUT2D eigenvalue weighted by Gasteiger charge is -2.01. The Morgan fingerprint density at radius 1 is 1.08 bits per heavy atom. The quantitative estimate of drug-likeness (QED) is 0.222. The molecule has 0 unspecified atom stereocenters. The zero-order chi connectivity index (χ0) is 9.94. The van der Waals surface area contributed by atoms with Crippen molar-refractivity contribution in [3.05, 3.63) is 0 Å². The van der Waals surface area contributed by atoms with Gasteiger partial charge in [0, 0.05) is 6.54 Å². The normalized spacial score (nSPS) is 9.92. The van der Waals surface area contributed by atoms with Crippen molar-refractivity contribution in [2.75, 3.05) is 26.2 Å². The lowest BCUT2D eigenvalue weighted by Crippen LogP contribution is -2.23. The third kappa shape index (κ3) is 11.2. The average Bonchev–Trinajstić information content (AvgIpc) is 2.09. The molecule has 7 N–H and O–H groups in total. The highest BCUT2D eigenvalue weighted by molar-refractivity contribution is 5.75. The van der Waals surface area contributed by atoms with Crippen molar-refractivity contribution >= 4 is 5.96 Å². The molecule has 0 aromatic carbocycles. The Balaban J connectivity index is 2.96. The Labute approximate surface area is 79.8 Å². The number of unbranched alkanes of at least 4 members (excludes halogenated alkanes) is 1. The second-order valence-corrected chi connectivity index (χ2v) is 2.91. The summed E-state index contributed by atoms with van der Waals surface area (Å²) < 4.78 is 0. The summed E-state index contributed by atoms with van der Waals surface area (Å²) in [4.78, 5) is 3.88. The molecule has 0 aliphatic rings. The summed E-state index contributed by atoms with van der Waals surface area (Å²) >= 11 is 0. The van der Waals surface area contributed by atoms with Crippen LogP contribution in [0.1, 0.15) is 19.3 Å². The highest BCUT2D eigenvalue weighted by Gasteiger charge is 1.88. The van der Waals surface area contributed by atoms with Crippen molar-refractivity contribution < 1.29 is 0 Å². The highest BCUT2D eigenvalue weighted by atomic mass is 15.0. The van der Waals surface area contributed by atoms with Crippen LogP contribution in [-0.2, 0) is 0 Å². The van der Waals surface area contributed by atoms with Gasteiger partial charge in [0.15, 0.2) is 5.96 Å². The molecule has 0 fully saturated rings. The van der Waals surface area contributed by atoms with Crippen LogP contribution in [-0.4, -0.2) is 32.1 Å². The van der Waals surface area contributed by atoms with E-state index >= 15 is 0 Å². The van der Waals surface area contributed by atoms with E-state index in [4.69, 9.17) is 17.2 Å². The summed E-state index contributed by atoms with van der Waals surface area (Å²) in [6, 6.07) is 0. The Bertz CT molecular complexity index is 130. The fraction of sp³-hybridized carbons (Fsp3) is 0.875. The number of hydrogen-bond donors (Lipinski definition) is 4. The summed E-state index contributed by atoms with van der Waals surface area (Å²) in [7, 11) is 0. The Morgan fingerprint density at radius 2 is 1.77 bits per heavy atom. The SMILES string of the molecule is NCCCNCCCCN=C(N)N. The molecule has 0 amide bonds. The molecule has 0 aliphatic carbocycles. The minimum absolute atomic E-state index is 0.177. The molecule has 0 aromatic heterocycles. The van der Waals surface area contributed by atoms with Crippen molar-refractivity contribution in [2.45, 2.75) is 19.3 Å². The maximum absolute atomic E-state index is 5.34. The summed E-state index contributed by atoms with van der Waals surface area (Å²) in [6.07, 6.45) is 3.16. The molecule has 5 heteroatoms. The van der Waals surface area contributed by atoms with E-state index in [0.29, 0.717) is 0 Å². The summed E-state index contributed by atoms with van der Waals surface area (Å²) in [6.45, 7) is 3.49. The number of nitrogens with zero attached hydrogens (tertiary/aromatic N) is 1. The molecule has 0 aromatic rings. The number of hydrogen-bond acceptors (Lipinski definition) is 3. The van der Waals surface area contributed by atoms with Gasteiger partial charge in [0.05, 0.1) is 0 Å². The highest BCUT2D eigenvalue weighted by Crippen LogP contribution is 1.87. The molecular formula is C8H21N5. The molecule has 0 radical (unpaired) electrons. The molecule has 0 heterocycles. The van der Waals surface area contributed by atoms with E-state index < -0.39 is 0 Å². The third-order valence-electron chi connectivity index (χ3n) is 1.61. The predicted molar refractivity (Wildman–Crippen MR) is 56.5 cm³/mol. The monoisotopic (exact) mass is 187 g/mol. The fourth-order valence-electron chi connectivity index (χ4n) is 0.922.